The number of rotatable bonds is 4. The number of aromatic carboxylic acids is 1. The second-order valence-electron chi connectivity index (χ2n) is 5.14. The van der Waals surface area contributed by atoms with E-state index in [9.17, 15) is 4.79 Å². The van der Waals surface area contributed by atoms with Gasteiger partial charge in [0.1, 0.15) is 0 Å². The summed E-state index contributed by atoms with van der Waals surface area (Å²) in [5, 5.41) is 12.5. The third-order valence-corrected chi connectivity index (χ3v) is 4.34. The fourth-order valence-electron chi connectivity index (χ4n) is 2.13. The van der Waals surface area contributed by atoms with E-state index in [-0.39, 0.29) is 5.54 Å². The molecule has 1 aromatic carbocycles. The first-order valence-electron chi connectivity index (χ1n) is 6.35. The molecule has 0 aromatic heterocycles. The fraction of sp³-hybridized carbons (Fsp3) is 0.500. The second-order valence-corrected chi connectivity index (χ2v) is 5.99. The van der Waals surface area contributed by atoms with Gasteiger partial charge < -0.3 is 15.2 Å². The molecule has 1 saturated heterocycles. The van der Waals surface area contributed by atoms with Gasteiger partial charge in [-0.15, -0.1) is 0 Å². The van der Waals surface area contributed by atoms with Crippen LogP contribution in [0.2, 0.25) is 0 Å². The molecule has 19 heavy (non-hydrogen) atoms. The Bertz CT molecular complexity index is 470. The minimum atomic E-state index is -0.906. The Morgan fingerprint density at radius 1 is 1.47 bits per heavy atom. The smallest absolute Gasteiger partial charge is 0.335 e. The molecule has 1 fully saturated rings. The molecule has 0 aliphatic carbocycles. The lowest BCUT2D eigenvalue weighted by Gasteiger charge is -2.34. The lowest BCUT2D eigenvalue weighted by atomic mass is 9.92. The van der Waals surface area contributed by atoms with E-state index in [0.717, 1.165) is 42.6 Å². The summed E-state index contributed by atoms with van der Waals surface area (Å²) >= 11 is 3.43. The average Bonchev–Trinajstić information content (AvgIpc) is 2.38. The summed E-state index contributed by atoms with van der Waals surface area (Å²) < 4.78 is 6.20. The minimum absolute atomic E-state index is 0.100. The van der Waals surface area contributed by atoms with Crippen molar-refractivity contribution >= 4 is 21.9 Å². The molecule has 0 bridgehead atoms. The molecule has 2 N–H and O–H groups in total. The third kappa shape index (κ3) is 3.78. The Labute approximate surface area is 121 Å². The summed E-state index contributed by atoms with van der Waals surface area (Å²) in [7, 11) is 0. The molecule has 0 amide bonds. The Hall–Kier alpha value is -0.910. The number of benzene rings is 1. The highest BCUT2D eigenvalue weighted by Crippen LogP contribution is 2.23. The van der Waals surface area contributed by atoms with Crippen LogP contribution in [0, 0.1) is 0 Å². The van der Waals surface area contributed by atoms with Crippen LogP contribution in [0.1, 0.15) is 35.7 Å². The van der Waals surface area contributed by atoms with Gasteiger partial charge in [-0.25, -0.2) is 4.79 Å². The number of carboxylic acid groups (broad SMARTS) is 1. The number of hydrogen-bond donors (Lipinski definition) is 2. The lowest BCUT2D eigenvalue weighted by molar-refractivity contribution is 0.0446. The molecule has 5 heteroatoms. The van der Waals surface area contributed by atoms with Gasteiger partial charge in [0.15, 0.2) is 0 Å². The topological polar surface area (TPSA) is 58.6 Å². The van der Waals surface area contributed by atoms with Crippen molar-refractivity contribution < 1.29 is 14.6 Å². The van der Waals surface area contributed by atoms with E-state index in [2.05, 4.69) is 28.2 Å². The first kappa shape index (κ1) is 14.5. The van der Waals surface area contributed by atoms with Gasteiger partial charge in [-0.3, -0.25) is 0 Å². The fourth-order valence-corrected chi connectivity index (χ4v) is 2.65. The molecule has 1 aromatic rings. The van der Waals surface area contributed by atoms with E-state index >= 15 is 0 Å². The molecule has 1 aliphatic heterocycles. The Morgan fingerprint density at radius 3 is 2.74 bits per heavy atom. The van der Waals surface area contributed by atoms with Gasteiger partial charge in [0, 0.05) is 29.8 Å². The maximum atomic E-state index is 10.9. The van der Waals surface area contributed by atoms with Crippen LogP contribution in [0.4, 0.5) is 0 Å². The van der Waals surface area contributed by atoms with Crippen molar-refractivity contribution in [3.05, 3.63) is 33.8 Å². The van der Waals surface area contributed by atoms with Crippen LogP contribution in [0.3, 0.4) is 0 Å². The molecule has 0 atom stereocenters. The maximum absolute atomic E-state index is 10.9. The van der Waals surface area contributed by atoms with Crippen LogP contribution in [0.5, 0.6) is 0 Å². The normalized spacial score (nSPS) is 18.2. The van der Waals surface area contributed by atoms with E-state index in [1.54, 1.807) is 12.1 Å². The molecule has 0 spiro atoms. The summed E-state index contributed by atoms with van der Waals surface area (Å²) in [6.45, 7) is 4.51. The van der Waals surface area contributed by atoms with E-state index in [4.69, 9.17) is 9.84 Å². The molecule has 0 saturated carbocycles. The van der Waals surface area contributed by atoms with E-state index < -0.39 is 5.97 Å². The highest BCUT2D eigenvalue weighted by molar-refractivity contribution is 9.10. The first-order valence-corrected chi connectivity index (χ1v) is 7.14. The molecule has 0 unspecified atom stereocenters. The van der Waals surface area contributed by atoms with Gasteiger partial charge in [-0.1, -0.05) is 22.0 Å². The van der Waals surface area contributed by atoms with Crippen LogP contribution in [-0.2, 0) is 11.3 Å². The predicted octanol–water partition coefficient (Wildman–Crippen LogP) is 2.81. The first-order chi connectivity index (χ1) is 9.00. The van der Waals surface area contributed by atoms with Crippen molar-refractivity contribution in [2.75, 3.05) is 13.2 Å². The number of carboxylic acids is 1. The summed E-state index contributed by atoms with van der Waals surface area (Å²) in [4.78, 5) is 10.9. The zero-order chi connectivity index (χ0) is 13.9. The van der Waals surface area contributed by atoms with Gasteiger partial charge in [-0.05, 0) is 37.5 Å². The number of hydrogen-bond acceptors (Lipinski definition) is 3. The van der Waals surface area contributed by atoms with Crippen LogP contribution in [-0.4, -0.2) is 29.8 Å². The summed E-state index contributed by atoms with van der Waals surface area (Å²) in [5.41, 5.74) is 1.47. The van der Waals surface area contributed by atoms with Crippen molar-refractivity contribution in [1.82, 2.24) is 5.32 Å². The number of ether oxygens (including phenoxy) is 1. The van der Waals surface area contributed by atoms with E-state index in [1.165, 1.54) is 0 Å². The molecule has 2 rings (SSSR count). The number of nitrogens with one attached hydrogen (secondary N) is 1. The van der Waals surface area contributed by atoms with Gasteiger partial charge in [-0.2, -0.15) is 0 Å². The van der Waals surface area contributed by atoms with E-state index in [1.807, 2.05) is 6.07 Å². The molecular formula is C14H18BrNO3. The monoisotopic (exact) mass is 327 g/mol. The number of carbonyl (C=O) groups is 1. The average molecular weight is 328 g/mol. The van der Waals surface area contributed by atoms with Gasteiger partial charge in [0.05, 0.1) is 5.56 Å². The largest absolute Gasteiger partial charge is 0.478 e. The van der Waals surface area contributed by atoms with Crippen LogP contribution in [0.15, 0.2) is 22.7 Å². The van der Waals surface area contributed by atoms with Crippen molar-refractivity contribution in [2.45, 2.75) is 31.8 Å². The highest BCUT2D eigenvalue weighted by atomic mass is 79.9. The lowest BCUT2D eigenvalue weighted by Crippen LogP contribution is -2.46. The second kappa shape index (κ2) is 6.03. The molecule has 0 radical (unpaired) electrons. The van der Waals surface area contributed by atoms with Gasteiger partial charge in [0.2, 0.25) is 0 Å². The molecule has 1 aliphatic rings. The van der Waals surface area contributed by atoms with Gasteiger partial charge >= 0.3 is 5.97 Å². The zero-order valence-electron chi connectivity index (χ0n) is 10.9. The van der Waals surface area contributed by atoms with Gasteiger partial charge in [0.25, 0.3) is 0 Å². The SMILES string of the molecule is CC1(NCc2ccc(C(=O)O)cc2Br)CCOCC1. The minimum Gasteiger partial charge on any atom is -0.478 e. The molecule has 4 nitrogen and oxygen atoms in total. The van der Waals surface area contributed by atoms with E-state index in [0.29, 0.717) is 5.56 Å². The molecule has 1 heterocycles. The highest BCUT2D eigenvalue weighted by Gasteiger charge is 2.26. The van der Waals surface area contributed by atoms with Crippen LogP contribution < -0.4 is 5.32 Å². The van der Waals surface area contributed by atoms with Crippen molar-refractivity contribution in [3.8, 4) is 0 Å². The Kier molecular flexibility index (Phi) is 4.60. The quantitative estimate of drug-likeness (QED) is 0.892. The predicted molar refractivity (Wildman–Crippen MR) is 76.4 cm³/mol. The van der Waals surface area contributed by atoms with Crippen LogP contribution in [0.25, 0.3) is 0 Å². The third-order valence-electron chi connectivity index (χ3n) is 3.60. The summed E-state index contributed by atoms with van der Waals surface area (Å²) in [6, 6.07) is 5.13. The van der Waals surface area contributed by atoms with Crippen LogP contribution >= 0.6 is 15.9 Å². The number of halogens is 1. The summed E-state index contributed by atoms with van der Waals surface area (Å²) in [6.07, 6.45) is 2.00. The molecular weight excluding hydrogens is 310 g/mol. The standard InChI is InChI=1S/C14H18BrNO3/c1-14(4-6-19-7-5-14)16-9-11-3-2-10(13(17)18)8-12(11)15/h2-3,8,16H,4-7,9H2,1H3,(H,17,18). The zero-order valence-corrected chi connectivity index (χ0v) is 12.5. The Morgan fingerprint density at radius 2 is 2.16 bits per heavy atom. The van der Waals surface area contributed by atoms with Crippen molar-refractivity contribution in [3.63, 3.8) is 0 Å². The van der Waals surface area contributed by atoms with Crippen molar-refractivity contribution in [2.24, 2.45) is 0 Å². The molecule has 104 valence electrons. The maximum Gasteiger partial charge on any atom is 0.335 e. The Balaban J connectivity index is 2.01. The summed E-state index contributed by atoms with van der Waals surface area (Å²) in [5.74, 6) is -0.906. The van der Waals surface area contributed by atoms with Crippen molar-refractivity contribution in [1.29, 1.82) is 0 Å².